The summed E-state index contributed by atoms with van der Waals surface area (Å²) in [5, 5.41) is 8.58. The van der Waals surface area contributed by atoms with E-state index in [0.717, 1.165) is 55.3 Å². The molecule has 1 amide bonds. The number of carbonyl (C=O) groups excluding carboxylic acids is 1. The van der Waals surface area contributed by atoms with Crippen LogP contribution in [-0.2, 0) is 19.6 Å². The van der Waals surface area contributed by atoms with E-state index in [9.17, 15) is 4.79 Å². The molecule has 0 unspecified atom stereocenters. The first kappa shape index (κ1) is 22.5. The van der Waals surface area contributed by atoms with Crippen LogP contribution in [0.15, 0.2) is 24.3 Å². The predicted octanol–water partition coefficient (Wildman–Crippen LogP) is 3.45. The summed E-state index contributed by atoms with van der Waals surface area (Å²) in [5.74, 6) is 2.93. The molecule has 1 fully saturated rings. The third-order valence-corrected chi connectivity index (χ3v) is 6.98. The molecular formula is C25H32N8O. The Balaban J connectivity index is 1.51. The minimum Gasteiger partial charge on any atom is -0.351 e. The van der Waals surface area contributed by atoms with Crippen LogP contribution in [0, 0.1) is 6.92 Å². The van der Waals surface area contributed by atoms with E-state index in [4.69, 9.17) is 15.7 Å². The number of hydrogen-bond donors (Lipinski definition) is 1. The summed E-state index contributed by atoms with van der Waals surface area (Å²) >= 11 is 0. The Morgan fingerprint density at radius 1 is 1.15 bits per heavy atom. The van der Waals surface area contributed by atoms with Gasteiger partial charge in [0.05, 0.1) is 17.8 Å². The molecule has 178 valence electrons. The number of fused-ring (bicyclic) bond motifs is 1. The van der Waals surface area contributed by atoms with Gasteiger partial charge in [-0.15, -0.1) is 10.2 Å². The van der Waals surface area contributed by atoms with Crippen molar-refractivity contribution in [1.29, 1.82) is 0 Å². The van der Waals surface area contributed by atoms with Gasteiger partial charge in [0, 0.05) is 30.7 Å². The Morgan fingerprint density at radius 2 is 1.97 bits per heavy atom. The fourth-order valence-electron chi connectivity index (χ4n) is 5.14. The molecule has 2 aliphatic heterocycles. The van der Waals surface area contributed by atoms with Gasteiger partial charge in [-0.2, -0.15) is 0 Å². The molecule has 34 heavy (non-hydrogen) atoms. The van der Waals surface area contributed by atoms with E-state index in [1.54, 1.807) is 4.90 Å². The zero-order chi connectivity index (χ0) is 24.0. The van der Waals surface area contributed by atoms with Gasteiger partial charge in [-0.25, -0.2) is 9.97 Å². The molecule has 3 aromatic rings. The average Bonchev–Trinajstić information content (AvgIpc) is 3.48. The molecule has 5 rings (SSSR count). The van der Waals surface area contributed by atoms with Crippen molar-refractivity contribution < 1.29 is 4.79 Å². The standard InChI is InChI=1S/C25H32N8O/c1-5-11-31-16(2)29-30-23(31)19-8-6-9-21(27-19)32-15-18-17(24(32)34)13-22(28-20(18)14-26)33-12-7-10-25(33,3)4/h6,8-9,13H,5,7,10-12,14-15,26H2,1-4H3. The van der Waals surface area contributed by atoms with E-state index in [-0.39, 0.29) is 11.4 Å². The Hall–Kier alpha value is -3.33. The van der Waals surface area contributed by atoms with Gasteiger partial charge in [-0.3, -0.25) is 9.69 Å². The summed E-state index contributed by atoms with van der Waals surface area (Å²) in [4.78, 5) is 27.3. The van der Waals surface area contributed by atoms with Crippen molar-refractivity contribution in [2.75, 3.05) is 16.3 Å². The molecule has 0 aliphatic carbocycles. The number of rotatable bonds is 6. The first-order chi connectivity index (χ1) is 16.3. The van der Waals surface area contributed by atoms with Crippen molar-refractivity contribution >= 4 is 17.5 Å². The molecule has 3 aromatic heterocycles. The summed E-state index contributed by atoms with van der Waals surface area (Å²) in [6.45, 7) is 11.0. The fourth-order valence-corrected chi connectivity index (χ4v) is 5.14. The highest BCUT2D eigenvalue weighted by molar-refractivity contribution is 6.10. The lowest BCUT2D eigenvalue weighted by molar-refractivity contribution is 0.0996. The lowest BCUT2D eigenvalue weighted by Gasteiger charge is -2.33. The maximum Gasteiger partial charge on any atom is 0.260 e. The zero-order valence-electron chi connectivity index (χ0n) is 20.4. The Kier molecular flexibility index (Phi) is 5.59. The van der Waals surface area contributed by atoms with Crippen molar-refractivity contribution in [2.45, 2.75) is 72.1 Å². The topological polar surface area (TPSA) is 106 Å². The Bertz CT molecular complexity index is 1250. The molecule has 9 nitrogen and oxygen atoms in total. The summed E-state index contributed by atoms with van der Waals surface area (Å²) in [6, 6.07) is 7.62. The molecule has 0 spiro atoms. The van der Waals surface area contributed by atoms with E-state index >= 15 is 0 Å². The number of carbonyl (C=O) groups is 1. The monoisotopic (exact) mass is 460 g/mol. The Morgan fingerprint density at radius 3 is 2.68 bits per heavy atom. The van der Waals surface area contributed by atoms with Gasteiger partial charge in [0.2, 0.25) is 0 Å². The molecule has 0 bridgehead atoms. The average molecular weight is 461 g/mol. The second kappa shape index (κ2) is 8.47. The zero-order valence-corrected chi connectivity index (χ0v) is 20.4. The number of hydrogen-bond acceptors (Lipinski definition) is 7. The minimum atomic E-state index is -0.0683. The quantitative estimate of drug-likeness (QED) is 0.600. The highest BCUT2D eigenvalue weighted by Crippen LogP contribution is 2.37. The second-order valence-electron chi connectivity index (χ2n) is 9.72. The van der Waals surface area contributed by atoms with E-state index < -0.39 is 0 Å². The van der Waals surface area contributed by atoms with Crippen molar-refractivity contribution in [1.82, 2.24) is 24.7 Å². The van der Waals surface area contributed by atoms with Crippen LogP contribution in [0.2, 0.25) is 0 Å². The molecule has 2 N–H and O–H groups in total. The van der Waals surface area contributed by atoms with Gasteiger partial charge >= 0.3 is 0 Å². The molecule has 2 aliphatic rings. The first-order valence-electron chi connectivity index (χ1n) is 12.0. The highest BCUT2D eigenvalue weighted by atomic mass is 16.2. The first-order valence-corrected chi connectivity index (χ1v) is 12.0. The smallest absolute Gasteiger partial charge is 0.260 e. The van der Waals surface area contributed by atoms with Gasteiger partial charge in [0.25, 0.3) is 5.91 Å². The summed E-state index contributed by atoms with van der Waals surface area (Å²) < 4.78 is 2.06. The molecule has 1 saturated heterocycles. The summed E-state index contributed by atoms with van der Waals surface area (Å²) in [5.41, 5.74) is 9.15. The normalized spacial score (nSPS) is 17.0. The van der Waals surface area contributed by atoms with Gasteiger partial charge in [0.15, 0.2) is 5.82 Å². The van der Waals surface area contributed by atoms with E-state index in [0.29, 0.717) is 36.0 Å². The lowest BCUT2D eigenvalue weighted by atomic mass is 10.0. The van der Waals surface area contributed by atoms with E-state index in [1.165, 1.54) is 0 Å². The molecule has 5 heterocycles. The van der Waals surface area contributed by atoms with Gasteiger partial charge in [-0.1, -0.05) is 13.0 Å². The lowest BCUT2D eigenvalue weighted by Crippen LogP contribution is -2.39. The van der Waals surface area contributed by atoms with Crippen LogP contribution in [0.5, 0.6) is 0 Å². The van der Waals surface area contributed by atoms with Crippen LogP contribution < -0.4 is 15.5 Å². The molecule has 9 heteroatoms. The van der Waals surface area contributed by atoms with Gasteiger partial charge in [0.1, 0.15) is 23.2 Å². The predicted molar refractivity (Wildman–Crippen MR) is 132 cm³/mol. The van der Waals surface area contributed by atoms with Crippen LogP contribution in [0.4, 0.5) is 11.6 Å². The second-order valence-corrected chi connectivity index (χ2v) is 9.72. The van der Waals surface area contributed by atoms with Crippen LogP contribution in [-0.4, -0.2) is 42.7 Å². The van der Waals surface area contributed by atoms with Crippen LogP contribution >= 0.6 is 0 Å². The van der Waals surface area contributed by atoms with Crippen LogP contribution in [0.25, 0.3) is 11.5 Å². The summed E-state index contributed by atoms with van der Waals surface area (Å²) in [7, 11) is 0. The number of nitrogens with zero attached hydrogens (tertiary/aromatic N) is 7. The van der Waals surface area contributed by atoms with Crippen molar-refractivity contribution in [3.05, 3.63) is 46.9 Å². The molecular weight excluding hydrogens is 428 g/mol. The van der Waals surface area contributed by atoms with E-state index in [2.05, 4.69) is 40.4 Å². The largest absolute Gasteiger partial charge is 0.351 e. The summed E-state index contributed by atoms with van der Waals surface area (Å²) in [6.07, 6.45) is 3.18. The van der Waals surface area contributed by atoms with Crippen LogP contribution in [0.3, 0.4) is 0 Å². The number of amides is 1. The van der Waals surface area contributed by atoms with Crippen molar-refractivity contribution in [3.8, 4) is 11.5 Å². The van der Waals surface area contributed by atoms with Gasteiger partial charge < -0.3 is 15.2 Å². The van der Waals surface area contributed by atoms with E-state index in [1.807, 2.05) is 31.2 Å². The SMILES string of the molecule is CCCn1c(C)nnc1-c1cccc(N2Cc3c(cc(N4CCCC4(C)C)nc3CN)C2=O)n1. The molecule has 0 aromatic carbocycles. The third kappa shape index (κ3) is 3.64. The fraction of sp³-hybridized carbons (Fsp3) is 0.480. The maximum absolute atomic E-state index is 13.6. The molecule has 0 saturated carbocycles. The molecule has 0 radical (unpaired) electrons. The number of anilines is 2. The number of nitrogens with two attached hydrogens (primary N) is 1. The number of aromatic nitrogens is 5. The third-order valence-electron chi connectivity index (χ3n) is 6.98. The van der Waals surface area contributed by atoms with Crippen molar-refractivity contribution in [2.24, 2.45) is 5.73 Å². The van der Waals surface area contributed by atoms with Crippen LogP contribution in [0.1, 0.15) is 67.5 Å². The minimum absolute atomic E-state index is 0.0108. The maximum atomic E-state index is 13.6. The number of pyridine rings is 2. The van der Waals surface area contributed by atoms with Gasteiger partial charge in [-0.05, 0) is 58.2 Å². The van der Waals surface area contributed by atoms with Crippen molar-refractivity contribution in [3.63, 3.8) is 0 Å². The molecule has 0 atom stereocenters. The highest BCUT2D eigenvalue weighted by Gasteiger charge is 2.37. The Labute approximate surface area is 200 Å². The number of aryl methyl sites for hydroxylation is 1.